The minimum Gasteiger partial charge on any atom is -0.505 e. The van der Waals surface area contributed by atoms with Crippen molar-refractivity contribution in [2.24, 2.45) is 0 Å². The summed E-state index contributed by atoms with van der Waals surface area (Å²) in [5.41, 5.74) is 6.66. The Morgan fingerprint density at radius 3 is 2.44 bits per heavy atom. The van der Waals surface area contributed by atoms with Crippen molar-refractivity contribution in [3.05, 3.63) is 85.1 Å². The van der Waals surface area contributed by atoms with Crippen molar-refractivity contribution in [3.8, 4) is 39.4 Å². The predicted octanol–water partition coefficient (Wildman–Crippen LogP) is 4.52. The Labute approximate surface area is 206 Å². The molecule has 2 aliphatic rings. The molecule has 3 aromatic heterocycles. The number of nitrogens with zero attached hydrogens (tertiary/aromatic N) is 5. The summed E-state index contributed by atoms with van der Waals surface area (Å²) in [4.78, 5) is 11.3. The van der Waals surface area contributed by atoms with Gasteiger partial charge in [-0.15, -0.1) is 0 Å². The first kappa shape index (κ1) is 21.0. The number of phenolic OH excluding ortho intramolecular Hbond substituents is 1. The molecular weight excluding hydrogens is 455 g/mol. The second kappa shape index (κ2) is 8.13. The summed E-state index contributed by atoms with van der Waals surface area (Å²) >= 11 is 0. The third kappa shape index (κ3) is 3.33. The number of fused-ring (bicyclic) bond motifs is 3. The number of rotatable bonds is 4. The summed E-state index contributed by atoms with van der Waals surface area (Å²) in [5, 5.41) is 18.6. The van der Waals surface area contributed by atoms with Crippen LogP contribution in [0.5, 0.6) is 5.75 Å². The Kier molecular flexibility index (Phi) is 4.75. The summed E-state index contributed by atoms with van der Waals surface area (Å²) in [6.07, 6.45) is 6.38. The van der Waals surface area contributed by atoms with E-state index in [4.69, 9.17) is 5.10 Å². The first-order chi connectivity index (χ1) is 17.7. The molecule has 0 saturated carbocycles. The van der Waals surface area contributed by atoms with Crippen LogP contribution in [0.2, 0.25) is 0 Å². The first-order valence-corrected chi connectivity index (χ1v) is 12.0. The molecule has 0 amide bonds. The van der Waals surface area contributed by atoms with Crippen molar-refractivity contribution in [2.75, 3.05) is 18.0 Å². The highest BCUT2D eigenvalue weighted by Crippen LogP contribution is 2.38. The lowest BCUT2D eigenvalue weighted by Gasteiger charge is -2.29. The lowest BCUT2D eigenvalue weighted by molar-refractivity contribution is 0.433. The van der Waals surface area contributed by atoms with Gasteiger partial charge in [-0.2, -0.15) is 5.10 Å². The third-order valence-electron chi connectivity index (χ3n) is 7.26. The SMILES string of the molecule is Oc1cc(-c2c(-c3ccncc3)nn3c(-c4ccc(N5CC6C[C@H]5CN6)cc4)ccnc23)ccc1F. The van der Waals surface area contributed by atoms with Gasteiger partial charge in [0.25, 0.3) is 0 Å². The molecule has 2 fully saturated rings. The van der Waals surface area contributed by atoms with Gasteiger partial charge in [-0.05, 0) is 54.4 Å². The molecule has 0 radical (unpaired) electrons. The molecule has 8 heteroatoms. The number of hydrogen-bond donors (Lipinski definition) is 2. The van der Waals surface area contributed by atoms with Gasteiger partial charge in [0.2, 0.25) is 0 Å². The van der Waals surface area contributed by atoms with Crippen LogP contribution < -0.4 is 10.2 Å². The van der Waals surface area contributed by atoms with Crippen molar-refractivity contribution in [1.29, 1.82) is 0 Å². The Morgan fingerprint density at radius 1 is 0.917 bits per heavy atom. The van der Waals surface area contributed by atoms with Gasteiger partial charge in [0, 0.05) is 60.6 Å². The van der Waals surface area contributed by atoms with Crippen LogP contribution in [0.4, 0.5) is 10.1 Å². The number of pyridine rings is 1. The van der Waals surface area contributed by atoms with Crippen molar-refractivity contribution in [3.63, 3.8) is 0 Å². The summed E-state index contributed by atoms with van der Waals surface area (Å²) in [6.45, 7) is 2.09. The van der Waals surface area contributed by atoms with Gasteiger partial charge in [-0.25, -0.2) is 13.9 Å². The molecule has 0 aliphatic carbocycles. The Hall–Kier alpha value is -4.30. The molecule has 2 N–H and O–H groups in total. The van der Waals surface area contributed by atoms with Crippen LogP contribution in [0, 0.1) is 5.82 Å². The van der Waals surface area contributed by atoms with E-state index in [2.05, 4.69) is 44.5 Å². The standard InChI is InChI=1S/C28H23FN6O/c29-23-6-3-19(13-25(23)36)26-27(18-7-10-30-11-8-18)33-35-24(9-12-31-28(26)35)17-1-4-21(5-2-17)34-16-20-14-22(34)15-32-20/h1-13,20,22,32,36H,14-16H2/t20?,22-/m0/s1. The number of nitrogens with one attached hydrogen (secondary N) is 1. The van der Waals surface area contributed by atoms with Crippen LogP contribution >= 0.6 is 0 Å². The molecule has 7 nitrogen and oxygen atoms in total. The molecule has 5 heterocycles. The molecular formula is C28H23FN6O. The summed E-state index contributed by atoms with van der Waals surface area (Å²) in [6, 6.07) is 19.8. The average Bonchev–Trinajstić information content (AvgIpc) is 3.65. The number of benzene rings is 2. The van der Waals surface area contributed by atoms with E-state index in [1.807, 2.05) is 22.7 Å². The Morgan fingerprint density at radius 2 is 1.72 bits per heavy atom. The van der Waals surface area contributed by atoms with E-state index in [9.17, 15) is 9.50 Å². The molecule has 5 aromatic rings. The minimum atomic E-state index is -0.670. The summed E-state index contributed by atoms with van der Waals surface area (Å²) in [7, 11) is 0. The maximum absolute atomic E-state index is 13.9. The maximum Gasteiger partial charge on any atom is 0.164 e. The second-order valence-electron chi connectivity index (χ2n) is 9.39. The van der Waals surface area contributed by atoms with Gasteiger partial charge in [-0.1, -0.05) is 18.2 Å². The van der Waals surface area contributed by atoms with E-state index in [0.717, 1.165) is 35.5 Å². The van der Waals surface area contributed by atoms with E-state index in [0.29, 0.717) is 29.0 Å². The zero-order chi connectivity index (χ0) is 24.2. The Balaban J connectivity index is 1.37. The largest absolute Gasteiger partial charge is 0.505 e. The van der Waals surface area contributed by atoms with E-state index in [-0.39, 0.29) is 0 Å². The highest BCUT2D eigenvalue weighted by atomic mass is 19.1. The van der Waals surface area contributed by atoms with Crippen LogP contribution in [0.1, 0.15) is 6.42 Å². The van der Waals surface area contributed by atoms with E-state index < -0.39 is 11.6 Å². The molecule has 2 bridgehead atoms. The summed E-state index contributed by atoms with van der Waals surface area (Å²) < 4.78 is 15.7. The number of hydrogen-bond acceptors (Lipinski definition) is 6. The predicted molar refractivity (Wildman–Crippen MR) is 136 cm³/mol. The minimum absolute atomic E-state index is 0.412. The van der Waals surface area contributed by atoms with Crippen molar-refractivity contribution >= 4 is 11.3 Å². The maximum atomic E-state index is 13.9. The fourth-order valence-corrected chi connectivity index (χ4v) is 5.51. The van der Waals surface area contributed by atoms with Crippen LogP contribution in [-0.2, 0) is 0 Å². The van der Waals surface area contributed by atoms with Gasteiger partial charge in [0.1, 0.15) is 5.69 Å². The van der Waals surface area contributed by atoms with Crippen molar-refractivity contribution < 1.29 is 9.50 Å². The van der Waals surface area contributed by atoms with E-state index in [1.54, 1.807) is 24.7 Å². The number of anilines is 1. The monoisotopic (exact) mass is 478 g/mol. The van der Waals surface area contributed by atoms with Gasteiger partial charge >= 0.3 is 0 Å². The molecule has 7 rings (SSSR count). The molecule has 36 heavy (non-hydrogen) atoms. The topological polar surface area (TPSA) is 78.6 Å². The summed E-state index contributed by atoms with van der Waals surface area (Å²) in [5.74, 6) is -1.08. The fraction of sp³-hybridized carbons (Fsp3) is 0.179. The zero-order valence-electron chi connectivity index (χ0n) is 19.3. The van der Waals surface area contributed by atoms with E-state index in [1.165, 1.54) is 24.2 Å². The van der Waals surface area contributed by atoms with Crippen molar-refractivity contribution in [2.45, 2.75) is 18.5 Å². The van der Waals surface area contributed by atoms with Crippen LogP contribution in [0.25, 0.3) is 39.3 Å². The molecule has 0 spiro atoms. The fourth-order valence-electron chi connectivity index (χ4n) is 5.51. The normalized spacial score (nSPS) is 18.9. The number of halogens is 1. The van der Waals surface area contributed by atoms with Gasteiger partial charge in [-0.3, -0.25) is 4.98 Å². The lowest BCUT2D eigenvalue weighted by atomic mass is 10.0. The quantitative estimate of drug-likeness (QED) is 0.396. The molecule has 2 aliphatic heterocycles. The molecule has 178 valence electrons. The van der Waals surface area contributed by atoms with Crippen LogP contribution in [0.15, 0.2) is 79.3 Å². The first-order valence-electron chi connectivity index (χ1n) is 12.0. The third-order valence-corrected chi connectivity index (χ3v) is 7.26. The number of phenols is 1. The second-order valence-corrected chi connectivity index (χ2v) is 9.39. The molecule has 1 unspecified atom stereocenters. The van der Waals surface area contributed by atoms with Gasteiger partial charge in [0.15, 0.2) is 17.2 Å². The number of aromatic hydroxyl groups is 1. The number of aromatic nitrogens is 4. The van der Waals surface area contributed by atoms with Crippen LogP contribution in [0.3, 0.4) is 0 Å². The highest BCUT2D eigenvalue weighted by molar-refractivity contribution is 5.91. The van der Waals surface area contributed by atoms with E-state index >= 15 is 0 Å². The number of piperazine rings is 1. The zero-order valence-corrected chi connectivity index (χ0v) is 19.3. The molecule has 2 atom stereocenters. The Bertz CT molecular complexity index is 1580. The van der Waals surface area contributed by atoms with Crippen molar-refractivity contribution in [1.82, 2.24) is 24.9 Å². The van der Waals surface area contributed by atoms with Crippen LogP contribution in [-0.4, -0.2) is 49.9 Å². The average molecular weight is 479 g/mol. The van der Waals surface area contributed by atoms with Gasteiger partial charge in [0.05, 0.1) is 11.3 Å². The highest BCUT2D eigenvalue weighted by Gasteiger charge is 2.37. The lowest BCUT2D eigenvalue weighted by Crippen LogP contribution is -2.43. The molecule has 2 saturated heterocycles. The molecule has 2 aromatic carbocycles. The van der Waals surface area contributed by atoms with Gasteiger partial charge < -0.3 is 15.3 Å². The smallest absolute Gasteiger partial charge is 0.164 e.